The number of nitrogens with zero attached hydrogens (tertiary/aromatic N) is 3. The quantitative estimate of drug-likeness (QED) is 0.460. The van der Waals surface area contributed by atoms with Crippen LogP contribution in [-0.2, 0) is 4.79 Å². The maximum absolute atomic E-state index is 13.3. The summed E-state index contributed by atoms with van der Waals surface area (Å²) in [5.41, 5.74) is 0.600. The molecule has 1 aliphatic carbocycles. The molecular weight excluding hydrogens is 428 g/mol. The highest BCUT2D eigenvalue weighted by Gasteiger charge is 2.21. The van der Waals surface area contributed by atoms with E-state index in [1.54, 1.807) is 36.5 Å². The number of carbonyl (C=O) groups is 1. The van der Waals surface area contributed by atoms with Crippen molar-refractivity contribution in [2.45, 2.75) is 38.6 Å². The molecule has 1 fully saturated rings. The number of hydrogen-bond donors (Lipinski definition) is 1. The molecule has 0 radical (unpaired) electrons. The standard InChI is InChI=1S/C24H21ClN4O3/c1-15-5-4-12-29-21(15)28-23(32-19-10-8-17(25)9-11-19)20(24(29)31)13-16(14-26)22(30)27-18-6-2-3-7-18/h4-5,8-13,18H,2-3,6-7H2,1H3,(H,27,30). The van der Waals surface area contributed by atoms with Crippen LogP contribution in [0.5, 0.6) is 11.6 Å². The van der Waals surface area contributed by atoms with E-state index in [1.807, 2.05) is 19.1 Å². The fraction of sp³-hybridized carbons (Fsp3) is 0.250. The molecule has 0 unspecified atom stereocenters. The van der Waals surface area contributed by atoms with Crippen LogP contribution in [-0.4, -0.2) is 21.3 Å². The first kappa shape index (κ1) is 21.6. The number of pyridine rings is 1. The summed E-state index contributed by atoms with van der Waals surface area (Å²) in [7, 11) is 0. The third-order valence-corrected chi connectivity index (χ3v) is 5.67. The molecule has 1 amide bonds. The van der Waals surface area contributed by atoms with E-state index in [0.717, 1.165) is 31.2 Å². The van der Waals surface area contributed by atoms with E-state index >= 15 is 0 Å². The molecule has 7 nitrogen and oxygen atoms in total. The maximum atomic E-state index is 13.3. The van der Waals surface area contributed by atoms with Gasteiger partial charge in [-0.05, 0) is 61.7 Å². The van der Waals surface area contributed by atoms with Crippen molar-refractivity contribution in [2.24, 2.45) is 0 Å². The van der Waals surface area contributed by atoms with Crippen LogP contribution >= 0.6 is 11.6 Å². The second-order valence-electron chi connectivity index (χ2n) is 7.70. The number of benzene rings is 1. The number of aromatic nitrogens is 2. The van der Waals surface area contributed by atoms with E-state index in [9.17, 15) is 14.9 Å². The Morgan fingerprint density at radius 3 is 2.69 bits per heavy atom. The van der Waals surface area contributed by atoms with Gasteiger partial charge in [0.25, 0.3) is 11.5 Å². The normalized spacial score (nSPS) is 14.3. The molecular formula is C24H21ClN4O3. The van der Waals surface area contributed by atoms with E-state index in [1.165, 1.54) is 10.5 Å². The van der Waals surface area contributed by atoms with Crippen molar-refractivity contribution in [1.29, 1.82) is 5.26 Å². The molecule has 4 rings (SSSR count). The predicted octanol–water partition coefficient (Wildman–Crippen LogP) is 4.41. The molecule has 0 atom stereocenters. The predicted molar refractivity (Wildman–Crippen MR) is 122 cm³/mol. The molecule has 1 aromatic carbocycles. The number of rotatable bonds is 5. The summed E-state index contributed by atoms with van der Waals surface area (Å²) in [6.07, 6.45) is 6.70. The molecule has 2 aromatic heterocycles. The van der Waals surface area contributed by atoms with E-state index in [2.05, 4.69) is 10.3 Å². The van der Waals surface area contributed by atoms with Crippen molar-refractivity contribution >= 4 is 29.2 Å². The number of nitrogens with one attached hydrogen (secondary N) is 1. The van der Waals surface area contributed by atoms with Gasteiger partial charge in [0.15, 0.2) is 0 Å². The van der Waals surface area contributed by atoms with Crippen molar-refractivity contribution in [1.82, 2.24) is 14.7 Å². The molecule has 1 saturated carbocycles. The lowest BCUT2D eigenvalue weighted by Crippen LogP contribution is -2.33. The highest BCUT2D eigenvalue weighted by molar-refractivity contribution is 6.30. The number of fused-ring (bicyclic) bond motifs is 1. The van der Waals surface area contributed by atoms with Gasteiger partial charge in [0.05, 0.1) is 0 Å². The molecule has 0 spiro atoms. The molecule has 0 aliphatic heterocycles. The minimum atomic E-state index is -0.509. The Kier molecular flexibility index (Phi) is 6.24. The smallest absolute Gasteiger partial charge is 0.269 e. The van der Waals surface area contributed by atoms with Gasteiger partial charge in [-0.2, -0.15) is 10.2 Å². The number of ether oxygens (including phenoxy) is 1. The number of nitriles is 1. The lowest BCUT2D eigenvalue weighted by atomic mass is 10.1. The molecule has 1 N–H and O–H groups in total. The third kappa shape index (κ3) is 4.51. The molecule has 8 heteroatoms. The molecule has 2 heterocycles. The summed E-state index contributed by atoms with van der Waals surface area (Å²) >= 11 is 5.95. The summed E-state index contributed by atoms with van der Waals surface area (Å²) < 4.78 is 7.27. The molecule has 32 heavy (non-hydrogen) atoms. The monoisotopic (exact) mass is 448 g/mol. The second-order valence-corrected chi connectivity index (χ2v) is 8.14. The van der Waals surface area contributed by atoms with Crippen LogP contribution in [0.4, 0.5) is 0 Å². The zero-order chi connectivity index (χ0) is 22.7. The third-order valence-electron chi connectivity index (χ3n) is 5.42. The van der Waals surface area contributed by atoms with Crippen molar-refractivity contribution in [3.63, 3.8) is 0 Å². The summed E-state index contributed by atoms with van der Waals surface area (Å²) in [6.45, 7) is 1.83. The summed E-state index contributed by atoms with van der Waals surface area (Å²) in [6, 6.07) is 12.1. The van der Waals surface area contributed by atoms with E-state index < -0.39 is 11.5 Å². The fourth-order valence-electron chi connectivity index (χ4n) is 3.73. The Hall–Kier alpha value is -3.63. The number of halogens is 1. The fourth-order valence-corrected chi connectivity index (χ4v) is 3.86. The topological polar surface area (TPSA) is 96.5 Å². The molecule has 0 bridgehead atoms. The highest BCUT2D eigenvalue weighted by Crippen LogP contribution is 2.26. The first-order valence-corrected chi connectivity index (χ1v) is 10.7. The van der Waals surface area contributed by atoms with E-state index in [0.29, 0.717) is 16.4 Å². The zero-order valence-electron chi connectivity index (χ0n) is 17.5. The minimum absolute atomic E-state index is 0.00744. The number of aryl methyl sites for hydroxylation is 1. The van der Waals surface area contributed by atoms with Crippen LogP contribution in [0.1, 0.15) is 36.8 Å². The number of hydrogen-bond acceptors (Lipinski definition) is 5. The van der Waals surface area contributed by atoms with E-state index in [4.69, 9.17) is 16.3 Å². The van der Waals surface area contributed by atoms with Gasteiger partial charge in [-0.1, -0.05) is 30.5 Å². The van der Waals surface area contributed by atoms with Crippen molar-refractivity contribution in [3.05, 3.63) is 74.7 Å². The Bertz CT molecular complexity index is 1300. The van der Waals surface area contributed by atoms with Crippen LogP contribution in [0, 0.1) is 18.3 Å². The van der Waals surface area contributed by atoms with Crippen LogP contribution in [0.3, 0.4) is 0 Å². The largest absolute Gasteiger partial charge is 0.438 e. The van der Waals surface area contributed by atoms with Crippen molar-refractivity contribution in [3.8, 4) is 17.7 Å². The van der Waals surface area contributed by atoms with Gasteiger partial charge in [-0.15, -0.1) is 0 Å². The summed E-state index contributed by atoms with van der Waals surface area (Å²) in [5, 5.41) is 13.0. The average molecular weight is 449 g/mol. The Morgan fingerprint density at radius 1 is 1.28 bits per heavy atom. The molecule has 162 valence electrons. The van der Waals surface area contributed by atoms with Gasteiger partial charge < -0.3 is 10.1 Å². The number of carbonyl (C=O) groups excluding carboxylic acids is 1. The minimum Gasteiger partial charge on any atom is -0.438 e. The first-order valence-electron chi connectivity index (χ1n) is 10.3. The van der Waals surface area contributed by atoms with Gasteiger partial charge >= 0.3 is 0 Å². The van der Waals surface area contributed by atoms with Gasteiger partial charge in [-0.25, -0.2) is 0 Å². The first-order chi connectivity index (χ1) is 15.5. The lowest BCUT2D eigenvalue weighted by molar-refractivity contribution is -0.117. The van der Waals surface area contributed by atoms with Gasteiger partial charge in [0.1, 0.15) is 28.6 Å². The molecule has 1 aliphatic rings. The van der Waals surface area contributed by atoms with Crippen LogP contribution < -0.4 is 15.6 Å². The van der Waals surface area contributed by atoms with Crippen LogP contribution in [0.2, 0.25) is 5.02 Å². The van der Waals surface area contributed by atoms with Crippen LogP contribution in [0.25, 0.3) is 11.7 Å². The van der Waals surface area contributed by atoms with Crippen LogP contribution in [0.15, 0.2) is 53.0 Å². The highest BCUT2D eigenvalue weighted by atomic mass is 35.5. The SMILES string of the molecule is Cc1cccn2c(=O)c(C=C(C#N)C(=O)NC3CCCC3)c(Oc3ccc(Cl)cc3)nc12. The van der Waals surface area contributed by atoms with Gasteiger partial charge in [0.2, 0.25) is 5.88 Å². The van der Waals surface area contributed by atoms with Gasteiger partial charge in [-0.3, -0.25) is 14.0 Å². The molecule has 0 saturated heterocycles. The average Bonchev–Trinajstić information content (AvgIpc) is 3.29. The second kappa shape index (κ2) is 9.25. The number of amides is 1. The lowest BCUT2D eigenvalue weighted by Gasteiger charge is -2.13. The zero-order valence-corrected chi connectivity index (χ0v) is 18.2. The summed E-state index contributed by atoms with van der Waals surface area (Å²) in [4.78, 5) is 30.5. The maximum Gasteiger partial charge on any atom is 0.269 e. The summed E-state index contributed by atoms with van der Waals surface area (Å²) in [5.74, 6) is -0.0820. The van der Waals surface area contributed by atoms with Gasteiger partial charge in [0, 0.05) is 17.3 Å². The molecule has 3 aromatic rings. The van der Waals surface area contributed by atoms with Crippen molar-refractivity contribution < 1.29 is 9.53 Å². The van der Waals surface area contributed by atoms with Crippen molar-refractivity contribution in [2.75, 3.05) is 0 Å². The Morgan fingerprint density at radius 2 is 2.00 bits per heavy atom. The van der Waals surface area contributed by atoms with E-state index in [-0.39, 0.29) is 23.1 Å². The Balaban J connectivity index is 1.81. The Labute approximate surface area is 189 Å².